The fourth-order valence-electron chi connectivity index (χ4n) is 1.80. The van der Waals surface area contributed by atoms with Crippen molar-refractivity contribution in [2.75, 3.05) is 7.11 Å². The van der Waals surface area contributed by atoms with Crippen LogP contribution in [0.4, 0.5) is 0 Å². The first-order valence-corrected chi connectivity index (χ1v) is 6.32. The number of aryl methyl sites for hydroxylation is 1. The van der Waals surface area contributed by atoms with E-state index in [9.17, 15) is 9.90 Å². The van der Waals surface area contributed by atoms with Crippen molar-refractivity contribution in [1.82, 2.24) is 9.97 Å². The maximum absolute atomic E-state index is 11.1. The number of rotatable bonds is 3. The van der Waals surface area contributed by atoms with E-state index in [1.165, 1.54) is 7.11 Å². The highest BCUT2D eigenvalue weighted by atomic mass is 16.5. The molecule has 0 radical (unpaired) electrons. The number of imidazole rings is 1. The van der Waals surface area contributed by atoms with E-state index >= 15 is 0 Å². The Kier molecular flexibility index (Phi) is 5.51. The van der Waals surface area contributed by atoms with Gasteiger partial charge in [0.2, 0.25) is 0 Å². The van der Waals surface area contributed by atoms with E-state index in [1.807, 2.05) is 32.9 Å². The number of esters is 1. The second kappa shape index (κ2) is 6.89. The number of benzene rings is 1. The van der Waals surface area contributed by atoms with Gasteiger partial charge in [0, 0.05) is 5.56 Å². The summed E-state index contributed by atoms with van der Waals surface area (Å²) in [4.78, 5) is 18.5. The summed E-state index contributed by atoms with van der Waals surface area (Å²) in [5.74, 6) is 0.333. The van der Waals surface area contributed by atoms with Gasteiger partial charge in [-0.1, -0.05) is 26.0 Å². The van der Waals surface area contributed by atoms with Crippen molar-refractivity contribution in [3.8, 4) is 0 Å². The molecule has 1 unspecified atom stereocenters. The normalized spacial score (nSPS) is 11.6. The highest BCUT2D eigenvalue weighted by molar-refractivity contribution is 5.80. The first kappa shape index (κ1) is 15.2. The summed E-state index contributed by atoms with van der Waals surface area (Å²) in [7, 11) is 1.30. The summed E-state index contributed by atoms with van der Waals surface area (Å²) >= 11 is 0. The first-order chi connectivity index (χ1) is 9.11. The third-order valence-corrected chi connectivity index (χ3v) is 2.61. The van der Waals surface area contributed by atoms with Gasteiger partial charge in [-0.2, -0.15) is 0 Å². The van der Waals surface area contributed by atoms with Crippen LogP contribution in [-0.4, -0.2) is 28.2 Å². The monoisotopic (exact) mass is 264 g/mol. The second-order valence-electron chi connectivity index (χ2n) is 3.86. The number of nitrogens with one attached hydrogen (secondary N) is 1. The zero-order valence-electron chi connectivity index (χ0n) is 11.7. The number of aliphatic hydroxyl groups excluding tert-OH is 1. The number of fused-ring (bicyclic) bond motifs is 1. The molecule has 0 fully saturated rings. The van der Waals surface area contributed by atoms with E-state index in [-0.39, 0.29) is 6.42 Å². The van der Waals surface area contributed by atoms with Crippen LogP contribution in [0, 0.1) is 6.92 Å². The van der Waals surface area contributed by atoms with E-state index in [4.69, 9.17) is 0 Å². The molecule has 2 N–H and O–H groups in total. The van der Waals surface area contributed by atoms with Crippen LogP contribution >= 0.6 is 0 Å². The van der Waals surface area contributed by atoms with Crippen LogP contribution < -0.4 is 0 Å². The molecular weight excluding hydrogens is 244 g/mol. The molecule has 0 saturated carbocycles. The molecule has 1 aromatic heterocycles. The zero-order valence-corrected chi connectivity index (χ0v) is 11.7. The Hall–Kier alpha value is -1.88. The van der Waals surface area contributed by atoms with Crippen LogP contribution in [0.2, 0.25) is 0 Å². The largest absolute Gasteiger partial charge is 0.469 e. The van der Waals surface area contributed by atoms with Gasteiger partial charge in [0.15, 0.2) is 0 Å². The minimum Gasteiger partial charge on any atom is -0.469 e. The minimum atomic E-state index is -0.895. The van der Waals surface area contributed by atoms with E-state index < -0.39 is 12.1 Å². The molecule has 1 heterocycles. The molecule has 0 aliphatic carbocycles. The van der Waals surface area contributed by atoms with Gasteiger partial charge in [-0.25, -0.2) is 4.98 Å². The van der Waals surface area contributed by atoms with E-state index in [2.05, 4.69) is 14.7 Å². The van der Waals surface area contributed by atoms with Gasteiger partial charge in [0.25, 0.3) is 0 Å². The maximum atomic E-state index is 11.1. The lowest BCUT2D eigenvalue weighted by Gasteiger charge is -2.09. The van der Waals surface area contributed by atoms with E-state index in [0.29, 0.717) is 11.1 Å². The second-order valence-corrected chi connectivity index (χ2v) is 3.86. The molecule has 0 amide bonds. The number of methoxy groups -OCH3 is 1. The van der Waals surface area contributed by atoms with Crippen LogP contribution in [0.3, 0.4) is 0 Å². The molecule has 104 valence electrons. The number of ether oxygens (including phenoxy) is 1. The van der Waals surface area contributed by atoms with Gasteiger partial charge in [-0.15, -0.1) is 0 Å². The SMILES string of the molecule is CC.COC(=O)CC(O)c1cccc2[nH]c(C)nc12. The molecule has 2 rings (SSSR count). The van der Waals surface area contributed by atoms with Gasteiger partial charge in [0.1, 0.15) is 5.82 Å². The summed E-state index contributed by atoms with van der Waals surface area (Å²) in [6.07, 6.45) is -0.963. The lowest BCUT2D eigenvalue weighted by atomic mass is 10.1. The Balaban J connectivity index is 0.000000861. The molecule has 2 aromatic rings. The van der Waals surface area contributed by atoms with Crippen LogP contribution in [0.1, 0.15) is 37.8 Å². The summed E-state index contributed by atoms with van der Waals surface area (Å²) in [6.45, 7) is 5.84. The molecule has 1 atom stereocenters. The lowest BCUT2D eigenvalue weighted by Crippen LogP contribution is -2.08. The Morgan fingerprint density at radius 2 is 2.16 bits per heavy atom. The third-order valence-electron chi connectivity index (χ3n) is 2.61. The first-order valence-electron chi connectivity index (χ1n) is 6.32. The number of para-hydroxylation sites is 1. The highest BCUT2D eigenvalue weighted by Crippen LogP contribution is 2.24. The minimum absolute atomic E-state index is 0.0679. The number of hydrogen-bond acceptors (Lipinski definition) is 4. The number of carbonyl (C=O) groups excluding carboxylic acids is 1. The number of nitrogens with zero attached hydrogens (tertiary/aromatic N) is 1. The molecule has 1 aromatic carbocycles. The van der Waals surface area contributed by atoms with Crippen LogP contribution in [0.15, 0.2) is 18.2 Å². The summed E-state index contributed by atoms with van der Waals surface area (Å²) in [6, 6.07) is 5.45. The van der Waals surface area contributed by atoms with Crippen LogP contribution in [0.5, 0.6) is 0 Å². The zero-order chi connectivity index (χ0) is 14.4. The van der Waals surface area contributed by atoms with E-state index in [1.54, 1.807) is 6.07 Å². The molecule has 5 nitrogen and oxygen atoms in total. The standard InChI is InChI=1S/C12H14N2O3.C2H6/c1-7-13-9-5-3-4-8(12(9)14-7)10(15)6-11(16)17-2;1-2/h3-5,10,15H,6H2,1-2H3,(H,13,14);1-2H3. The number of hydrogen-bond donors (Lipinski definition) is 2. The van der Waals surface area contributed by atoms with Gasteiger partial charge in [0.05, 0.1) is 30.7 Å². The predicted molar refractivity (Wildman–Crippen MR) is 73.8 cm³/mol. The predicted octanol–water partition coefficient (Wildman–Crippen LogP) is 2.49. The van der Waals surface area contributed by atoms with Crippen molar-refractivity contribution in [3.63, 3.8) is 0 Å². The van der Waals surface area contributed by atoms with Crippen LogP contribution in [0.25, 0.3) is 11.0 Å². The van der Waals surface area contributed by atoms with Crippen molar-refractivity contribution in [1.29, 1.82) is 0 Å². The Morgan fingerprint density at radius 3 is 2.79 bits per heavy atom. The Morgan fingerprint density at radius 1 is 1.47 bits per heavy atom. The number of aromatic amines is 1. The van der Waals surface area contributed by atoms with Gasteiger partial charge in [-0.05, 0) is 13.0 Å². The number of carbonyl (C=O) groups is 1. The highest BCUT2D eigenvalue weighted by Gasteiger charge is 2.17. The molecule has 0 saturated heterocycles. The number of aliphatic hydroxyl groups is 1. The average Bonchev–Trinajstić information content (AvgIpc) is 2.80. The number of H-pyrrole nitrogens is 1. The summed E-state index contributed by atoms with van der Waals surface area (Å²) < 4.78 is 4.53. The molecule has 19 heavy (non-hydrogen) atoms. The molecule has 0 aliphatic rings. The summed E-state index contributed by atoms with van der Waals surface area (Å²) in [5, 5.41) is 9.97. The quantitative estimate of drug-likeness (QED) is 0.835. The van der Waals surface area contributed by atoms with E-state index in [0.717, 1.165) is 11.3 Å². The van der Waals surface area contributed by atoms with Crippen molar-refractivity contribution in [2.24, 2.45) is 0 Å². The summed E-state index contributed by atoms with van der Waals surface area (Å²) in [5.41, 5.74) is 2.18. The van der Waals surface area contributed by atoms with Gasteiger partial charge < -0.3 is 14.8 Å². The van der Waals surface area contributed by atoms with Crippen molar-refractivity contribution >= 4 is 17.0 Å². The van der Waals surface area contributed by atoms with Gasteiger partial charge in [-0.3, -0.25) is 4.79 Å². The lowest BCUT2D eigenvalue weighted by molar-refractivity contribution is -0.142. The fourth-order valence-corrected chi connectivity index (χ4v) is 1.80. The Bertz CT molecular complexity index is 549. The molecule has 0 bridgehead atoms. The van der Waals surface area contributed by atoms with Gasteiger partial charge >= 0.3 is 5.97 Å². The average molecular weight is 264 g/mol. The molecule has 0 aliphatic heterocycles. The van der Waals surface area contributed by atoms with Crippen molar-refractivity contribution < 1.29 is 14.6 Å². The third kappa shape index (κ3) is 3.54. The molecule has 5 heteroatoms. The topological polar surface area (TPSA) is 75.2 Å². The maximum Gasteiger partial charge on any atom is 0.308 e. The number of aromatic nitrogens is 2. The van der Waals surface area contributed by atoms with Crippen LogP contribution in [-0.2, 0) is 9.53 Å². The Labute approximate surface area is 112 Å². The van der Waals surface area contributed by atoms with Crippen molar-refractivity contribution in [2.45, 2.75) is 33.3 Å². The fraction of sp³-hybridized carbons (Fsp3) is 0.429. The smallest absolute Gasteiger partial charge is 0.308 e. The molecule has 0 spiro atoms. The molecular formula is C14H20N2O3. The van der Waals surface area contributed by atoms with Crippen molar-refractivity contribution in [3.05, 3.63) is 29.6 Å².